The van der Waals surface area contributed by atoms with E-state index in [4.69, 9.17) is 19.4 Å². The van der Waals surface area contributed by atoms with Crippen molar-refractivity contribution in [1.82, 2.24) is 40.4 Å². The number of amides is 4. The predicted octanol–water partition coefficient (Wildman–Crippen LogP) is 9.36. The topological polar surface area (TPSA) is 175 Å². The quantitative estimate of drug-likeness (QED) is 0.0837. The molecule has 8 rings (SSSR count). The zero-order valence-electron chi connectivity index (χ0n) is 38.1. The number of nitrogens with zero attached hydrogens (tertiary/aromatic N) is 4. The van der Waals surface area contributed by atoms with Gasteiger partial charge in [0.15, 0.2) is 0 Å². The van der Waals surface area contributed by atoms with Gasteiger partial charge in [-0.25, -0.2) is 19.6 Å². The summed E-state index contributed by atoms with van der Waals surface area (Å²) in [6.45, 7) is 10.9. The molecule has 4 atom stereocenters. The number of aromatic amines is 2. The smallest absolute Gasteiger partial charge is 0.407 e. The van der Waals surface area contributed by atoms with Gasteiger partial charge in [-0.15, -0.1) is 0 Å². The molecular weight excluding hydrogens is 821 g/mol. The molecule has 2 fully saturated rings. The number of fused-ring (bicyclic) bond motifs is 1. The van der Waals surface area contributed by atoms with Crippen LogP contribution in [0.2, 0.25) is 0 Å². The van der Waals surface area contributed by atoms with Crippen molar-refractivity contribution < 1.29 is 28.7 Å². The van der Waals surface area contributed by atoms with Gasteiger partial charge < -0.3 is 39.9 Å². The Kier molecular flexibility index (Phi) is 12.8. The summed E-state index contributed by atoms with van der Waals surface area (Å²) in [4.78, 5) is 72.9. The predicted molar refractivity (Wildman–Crippen MR) is 249 cm³/mol. The van der Waals surface area contributed by atoms with E-state index >= 15 is 0 Å². The van der Waals surface area contributed by atoms with Crippen molar-refractivity contribution in [2.24, 2.45) is 17.3 Å². The summed E-state index contributed by atoms with van der Waals surface area (Å²) < 4.78 is 9.70. The molecule has 0 radical (unpaired) electrons. The number of aromatic nitrogens is 4. The van der Waals surface area contributed by atoms with Crippen molar-refractivity contribution >= 4 is 34.8 Å². The van der Waals surface area contributed by atoms with E-state index in [1.165, 1.54) is 14.2 Å². The summed E-state index contributed by atoms with van der Waals surface area (Å²) in [5, 5.41) is 7.66. The molecule has 4 N–H and O–H groups in total. The number of imidazole rings is 2. The highest BCUT2D eigenvalue weighted by atomic mass is 16.5. The van der Waals surface area contributed by atoms with Crippen LogP contribution in [-0.2, 0) is 19.1 Å². The van der Waals surface area contributed by atoms with E-state index in [2.05, 4.69) is 95.1 Å². The number of nitrogens with one attached hydrogen (secondary N) is 4. The Morgan fingerprint density at radius 3 is 1.98 bits per heavy atom. The molecule has 338 valence electrons. The van der Waals surface area contributed by atoms with Crippen LogP contribution >= 0.6 is 0 Å². The maximum absolute atomic E-state index is 14.3. The Labute approximate surface area is 379 Å². The Balaban J connectivity index is 0.974. The molecule has 1 spiro atoms. The van der Waals surface area contributed by atoms with Gasteiger partial charge in [-0.1, -0.05) is 107 Å². The van der Waals surface area contributed by atoms with Gasteiger partial charge in [0.05, 0.1) is 50.1 Å². The number of ether oxygens (including phenoxy) is 2. The van der Waals surface area contributed by atoms with Gasteiger partial charge in [-0.3, -0.25) is 9.59 Å². The van der Waals surface area contributed by atoms with Crippen molar-refractivity contribution in [3.63, 3.8) is 0 Å². The number of hydrogen-bond donors (Lipinski definition) is 4. The lowest BCUT2D eigenvalue weighted by molar-refractivity contribution is -0.138. The van der Waals surface area contributed by atoms with E-state index < -0.39 is 24.3 Å². The molecule has 0 unspecified atom stereocenters. The zero-order chi connectivity index (χ0) is 46.0. The van der Waals surface area contributed by atoms with Crippen molar-refractivity contribution in [2.75, 3.05) is 27.3 Å². The van der Waals surface area contributed by atoms with Gasteiger partial charge in [0.2, 0.25) is 5.91 Å². The highest BCUT2D eigenvalue weighted by Gasteiger charge is 2.55. The summed E-state index contributed by atoms with van der Waals surface area (Å²) in [7, 11) is 2.58. The highest BCUT2D eigenvalue weighted by Crippen LogP contribution is 2.58. The van der Waals surface area contributed by atoms with Gasteiger partial charge in [0.1, 0.15) is 23.7 Å². The largest absolute Gasteiger partial charge is 0.453 e. The average molecular weight is 879 g/mol. The Bertz CT molecular complexity index is 2670. The number of methoxy groups -OCH3 is 2. The Morgan fingerprint density at radius 1 is 0.754 bits per heavy atom. The van der Waals surface area contributed by atoms with Gasteiger partial charge >= 0.3 is 12.2 Å². The summed E-state index contributed by atoms with van der Waals surface area (Å²) in [5.41, 5.74) is 6.58. The van der Waals surface area contributed by atoms with E-state index in [0.29, 0.717) is 24.5 Å². The van der Waals surface area contributed by atoms with Crippen LogP contribution < -0.4 is 10.6 Å². The van der Waals surface area contributed by atoms with Crippen LogP contribution in [-0.4, -0.2) is 87.1 Å². The molecule has 4 amide bonds. The van der Waals surface area contributed by atoms with Crippen LogP contribution in [0.25, 0.3) is 44.4 Å². The molecule has 1 saturated heterocycles. The van der Waals surface area contributed by atoms with E-state index in [-0.39, 0.29) is 41.1 Å². The Hall–Kier alpha value is -6.96. The molecule has 14 nitrogen and oxygen atoms in total. The van der Waals surface area contributed by atoms with Crippen LogP contribution in [0.3, 0.4) is 0 Å². The lowest BCUT2D eigenvalue weighted by Crippen LogP contribution is -2.52. The van der Waals surface area contributed by atoms with Crippen LogP contribution in [0.5, 0.6) is 0 Å². The van der Waals surface area contributed by atoms with E-state index in [1.807, 2.05) is 62.2 Å². The SMILES string of the molecule is CCN(C(=O)[C@@H](NC(=O)OC)C(C)C)[C@H](c1ncc(-c2ccc(-c3ccc4cc(-c5cnc([C@@H]6CC7(CC7)CN6C(=O)[C@H](NC(=O)OC)c6ccccc6)[nH]5)ccc4c3)cc2)[nH]1)C(C)C. The van der Waals surface area contributed by atoms with Crippen molar-refractivity contribution in [3.05, 3.63) is 121 Å². The third kappa shape index (κ3) is 9.34. The minimum Gasteiger partial charge on any atom is -0.453 e. The van der Waals surface area contributed by atoms with Crippen LogP contribution in [0.15, 0.2) is 103 Å². The average Bonchev–Trinajstić information content (AvgIpc) is 3.64. The van der Waals surface area contributed by atoms with Gasteiger partial charge in [-0.2, -0.15) is 0 Å². The number of benzene rings is 4. The van der Waals surface area contributed by atoms with Gasteiger partial charge in [0, 0.05) is 18.7 Å². The maximum Gasteiger partial charge on any atom is 0.407 e. The van der Waals surface area contributed by atoms with Crippen molar-refractivity contribution in [2.45, 2.75) is 78.0 Å². The summed E-state index contributed by atoms with van der Waals surface area (Å²) in [6, 6.07) is 28.2. The standard InChI is InChI=1S/C51H58N8O6/c1-8-58(47(60)42(30(2)3)56-49(62)64-6)44(31(4)5)46-53-27-39(55-46)33-16-14-32(15-17-33)35-18-19-37-25-38(21-20-36(37)24-35)40-28-52-45(54-40)41-26-51(22-23-51)29-59(41)48(61)43(57-50(63)65-7)34-12-10-9-11-13-34/h9-21,24-25,27-28,30-31,41-44H,8,22-23,26,29H2,1-7H3,(H,52,54)(H,53,55)(H,56,62)(H,57,63)/t41-,42-,43+,44-/m0/s1. The third-order valence-electron chi connectivity index (χ3n) is 13.0. The molecule has 4 aromatic carbocycles. The Morgan fingerprint density at radius 2 is 1.35 bits per heavy atom. The van der Waals surface area contributed by atoms with E-state index in [0.717, 1.165) is 69.5 Å². The molecule has 1 aliphatic carbocycles. The minimum absolute atomic E-state index is 0.0416. The van der Waals surface area contributed by atoms with Crippen LogP contribution in [0, 0.1) is 17.3 Å². The number of likely N-dealkylation sites (N-methyl/N-ethyl adjacent to an activating group) is 1. The molecule has 2 aromatic heterocycles. The van der Waals surface area contributed by atoms with Crippen LogP contribution in [0.1, 0.15) is 89.2 Å². The second kappa shape index (κ2) is 18.6. The van der Waals surface area contributed by atoms with Crippen LogP contribution in [0.4, 0.5) is 9.59 Å². The molecular formula is C51H58N8O6. The number of rotatable bonds is 14. The fourth-order valence-corrected chi connectivity index (χ4v) is 9.26. The maximum atomic E-state index is 14.3. The first-order valence-corrected chi connectivity index (χ1v) is 22.4. The molecule has 1 aliphatic heterocycles. The van der Waals surface area contributed by atoms with E-state index in [1.54, 1.807) is 11.1 Å². The fraction of sp³-hybridized carbons (Fsp3) is 0.373. The number of alkyl carbamates (subject to hydrolysis) is 2. The molecule has 6 aromatic rings. The normalized spacial score (nSPS) is 16.6. The second-order valence-corrected chi connectivity index (χ2v) is 18.1. The number of likely N-dealkylation sites (tertiary alicyclic amines) is 1. The molecule has 2 aliphatic rings. The first-order valence-electron chi connectivity index (χ1n) is 22.4. The number of H-pyrrole nitrogens is 2. The summed E-state index contributed by atoms with van der Waals surface area (Å²) in [6.07, 6.45) is 5.28. The number of hydrogen-bond acceptors (Lipinski definition) is 8. The summed E-state index contributed by atoms with van der Waals surface area (Å²) >= 11 is 0. The van der Waals surface area contributed by atoms with E-state index in [9.17, 15) is 19.2 Å². The molecule has 65 heavy (non-hydrogen) atoms. The lowest BCUT2D eigenvalue weighted by Gasteiger charge is -2.36. The third-order valence-corrected chi connectivity index (χ3v) is 13.0. The lowest BCUT2D eigenvalue weighted by atomic mass is 9.97. The molecule has 0 bridgehead atoms. The number of carbonyl (C=O) groups excluding carboxylic acids is 4. The van der Waals surface area contributed by atoms with Crippen molar-refractivity contribution in [1.29, 1.82) is 0 Å². The monoisotopic (exact) mass is 878 g/mol. The van der Waals surface area contributed by atoms with Crippen molar-refractivity contribution in [3.8, 4) is 33.6 Å². The zero-order valence-corrected chi connectivity index (χ0v) is 38.1. The highest BCUT2D eigenvalue weighted by molar-refractivity contribution is 5.91. The number of carbonyl (C=O) groups is 4. The first kappa shape index (κ1) is 44.6. The molecule has 14 heteroatoms. The molecule has 1 saturated carbocycles. The first-order chi connectivity index (χ1) is 31.3. The molecule has 3 heterocycles. The summed E-state index contributed by atoms with van der Waals surface area (Å²) in [5.74, 6) is 0.939. The second-order valence-electron chi connectivity index (χ2n) is 18.1. The fourth-order valence-electron chi connectivity index (χ4n) is 9.26. The minimum atomic E-state index is -0.884. The van der Waals surface area contributed by atoms with Gasteiger partial charge in [0.25, 0.3) is 5.91 Å². The van der Waals surface area contributed by atoms with Gasteiger partial charge in [-0.05, 0) is 88.6 Å².